The highest BCUT2D eigenvalue weighted by molar-refractivity contribution is 7.98. The van der Waals surface area contributed by atoms with E-state index in [4.69, 9.17) is 0 Å². The fourth-order valence-corrected chi connectivity index (χ4v) is 2.33. The zero-order valence-corrected chi connectivity index (χ0v) is 10.9. The second-order valence-corrected chi connectivity index (χ2v) is 5.54. The number of hydrogen-bond acceptors (Lipinski definition) is 3. The summed E-state index contributed by atoms with van der Waals surface area (Å²) in [7, 11) is 0. The maximum atomic E-state index is 11.9. The molecule has 3 nitrogen and oxygen atoms in total. The maximum absolute atomic E-state index is 11.9. The smallest absolute Gasteiger partial charge is 0.240 e. The molecule has 0 aromatic carbocycles. The van der Waals surface area contributed by atoms with Gasteiger partial charge in [-0.3, -0.25) is 10.1 Å². The third kappa shape index (κ3) is 3.38. The normalized spacial score (nSPS) is 26.7. The molecule has 1 saturated heterocycles. The van der Waals surface area contributed by atoms with Crippen LogP contribution in [-0.4, -0.2) is 41.6 Å². The third-order valence-corrected chi connectivity index (χ3v) is 3.29. The van der Waals surface area contributed by atoms with Crippen LogP contribution in [0.1, 0.15) is 27.2 Å². The van der Waals surface area contributed by atoms with E-state index in [0.717, 1.165) is 18.7 Å². The lowest BCUT2D eigenvalue weighted by molar-refractivity contribution is -0.129. The summed E-state index contributed by atoms with van der Waals surface area (Å²) in [5.41, 5.74) is 0. The van der Waals surface area contributed by atoms with Crippen molar-refractivity contribution >= 4 is 17.7 Å². The van der Waals surface area contributed by atoms with Gasteiger partial charge in [0.1, 0.15) is 0 Å². The van der Waals surface area contributed by atoms with Crippen molar-refractivity contribution in [3.05, 3.63) is 0 Å². The van der Waals surface area contributed by atoms with Crippen LogP contribution in [0.25, 0.3) is 0 Å². The Balaban J connectivity index is 2.56. The van der Waals surface area contributed by atoms with Gasteiger partial charge in [-0.25, -0.2) is 0 Å². The summed E-state index contributed by atoms with van der Waals surface area (Å²) in [6, 6.07) is -0.00407. The lowest BCUT2D eigenvalue weighted by atomic mass is 10.1. The summed E-state index contributed by atoms with van der Waals surface area (Å²) in [6.45, 7) is 7.22. The van der Waals surface area contributed by atoms with Gasteiger partial charge in [0, 0.05) is 12.3 Å². The van der Waals surface area contributed by atoms with Crippen LogP contribution in [0.15, 0.2) is 0 Å². The van der Waals surface area contributed by atoms with Crippen molar-refractivity contribution in [3.8, 4) is 0 Å². The average molecular weight is 230 g/mol. The van der Waals surface area contributed by atoms with Gasteiger partial charge in [0.25, 0.3) is 0 Å². The zero-order valence-electron chi connectivity index (χ0n) is 10.1. The fourth-order valence-electron chi connectivity index (χ4n) is 1.95. The summed E-state index contributed by atoms with van der Waals surface area (Å²) in [6.07, 6.45) is 3.37. The Labute approximate surface area is 97.0 Å². The lowest BCUT2D eigenvalue weighted by Gasteiger charge is -2.25. The number of rotatable bonds is 5. The lowest BCUT2D eigenvalue weighted by Crippen LogP contribution is -2.39. The molecular formula is C11H22N2OS. The van der Waals surface area contributed by atoms with E-state index in [1.54, 1.807) is 11.8 Å². The van der Waals surface area contributed by atoms with Crippen molar-refractivity contribution in [2.24, 2.45) is 5.92 Å². The predicted molar refractivity (Wildman–Crippen MR) is 65.9 cm³/mol. The topological polar surface area (TPSA) is 32.3 Å². The summed E-state index contributed by atoms with van der Waals surface area (Å²) >= 11 is 1.79. The van der Waals surface area contributed by atoms with Gasteiger partial charge in [0.15, 0.2) is 0 Å². The molecule has 0 saturated carbocycles. The van der Waals surface area contributed by atoms with Crippen molar-refractivity contribution < 1.29 is 4.79 Å². The average Bonchev–Trinajstić information content (AvgIpc) is 2.40. The first-order valence-electron chi connectivity index (χ1n) is 5.61. The van der Waals surface area contributed by atoms with E-state index < -0.39 is 0 Å². The van der Waals surface area contributed by atoms with Gasteiger partial charge in [-0.1, -0.05) is 13.8 Å². The van der Waals surface area contributed by atoms with Crippen LogP contribution in [-0.2, 0) is 4.79 Å². The van der Waals surface area contributed by atoms with E-state index in [1.807, 2.05) is 11.8 Å². The molecule has 1 heterocycles. The van der Waals surface area contributed by atoms with Gasteiger partial charge in [-0.2, -0.15) is 11.8 Å². The number of carbonyl (C=O) groups is 1. The maximum Gasteiger partial charge on any atom is 0.240 e. The Bertz CT molecular complexity index is 221. The summed E-state index contributed by atoms with van der Waals surface area (Å²) in [5, 5.41) is 3.36. The molecule has 0 radical (unpaired) electrons. The van der Waals surface area contributed by atoms with Crippen molar-refractivity contribution in [2.45, 2.75) is 39.4 Å². The van der Waals surface area contributed by atoms with E-state index in [-0.39, 0.29) is 18.1 Å². The molecule has 0 spiro atoms. The number of nitrogens with one attached hydrogen (secondary N) is 1. The van der Waals surface area contributed by atoms with Gasteiger partial charge in [-0.15, -0.1) is 0 Å². The van der Waals surface area contributed by atoms with Crippen molar-refractivity contribution in [1.82, 2.24) is 10.2 Å². The minimum absolute atomic E-state index is 0.00407. The number of hydrogen-bond donors (Lipinski definition) is 1. The van der Waals surface area contributed by atoms with Crippen LogP contribution in [0.2, 0.25) is 0 Å². The molecule has 1 fully saturated rings. The highest BCUT2D eigenvalue weighted by Gasteiger charge is 2.35. The van der Waals surface area contributed by atoms with E-state index in [9.17, 15) is 4.79 Å². The van der Waals surface area contributed by atoms with Crippen LogP contribution < -0.4 is 5.32 Å². The molecule has 0 bridgehead atoms. The summed E-state index contributed by atoms with van der Waals surface area (Å²) in [5.74, 6) is 1.90. The Morgan fingerprint density at radius 2 is 2.20 bits per heavy atom. The van der Waals surface area contributed by atoms with Crippen LogP contribution >= 0.6 is 11.8 Å². The van der Waals surface area contributed by atoms with Gasteiger partial charge in [-0.05, 0) is 25.5 Å². The first kappa shape index (κ1) is 12.8. The molecule has 1 rings (SSSR count). The summed E-state index contributed by atoms with van der Waals surface area (Å²) in [4.78, 5) is 13.9. The van der Waals surface area contributed by atoms with Crippen LogP contribution in [0, 0.1) is 5.92 Å². The zero-order chi connectivity index (χ0) is 11.4. The minimum atomic E-state index is -0.00407. The van der Waals surface area contributed by atoms with Crippen molar-refractivity contribution in [3.63, 3.8) is 0 Å². The monoisotopic (exact) mass is 230 g/mol. The molecule has 0 aromatic rings. The second kappa shape index (κ2) is 5.75. The van der Waals surface area contributed by atoms with E-state index >= 15 is 0 Å². The quantitative estimate of drug-likeness (QED) is 0.777. The molecule has 2 atom stereocenters. The van der Waals surface area contributed by atoms with Crippen LogP contribution in [0.4, 0.5) is 0 Å². The molecular weight excluding hydrogens is 208 g/mol. The Morgan fingerprint density at radius 3 is 2.73 bits per heavy atom. The van der Waals surface area contributed by atoms with Crippen molar-refractivity contribution in [1.29, 1.82) is 0 Å². The van der Waals surface area contributed by atoms with E-state index in [0.29, 0.717) is 5.92 Å². The molecule has 2 unspecified atom stereocenters. The molecule has 1 aliphatic rings. The third-order valence-electron chi connectivity index (χ3n) is 2.70. The first-order chi connectivity index (χ1) is 7.06. The van der Waals surface area contributed by atoms with Gasteiger partial charge < -0.3 is 4.90 Å². The largest absolute Gasteiger partial charge is 0.325 e. The molecule has 1 N–H and O–H groups in total. The van der Waals surface area contributed by atoms with E-state index in [1.165, 1.54) is 0 Å². The fraction of sp³-hybridized carbons (Fsp3) is 0.909. The molecule has 88 valence electrons. The summed E-state index contributed by atoms with van der Waals surface area (Å²) < 4.78 is 0. The molecule has 15 heavy (non-hydrogen) atoms. The second-order valence-electron chi connectivity index (χ2n) is 4.56. The van der Waals surface area contributed by atoms with E-state index in [2.05, 4.69) is 25.4 Å². The molecule has 1 amide bonds. The highest BCUT2D eigenvalue weighted by atomic mass is 32.2. The van der Waals surface area contributed by atoms with Gasteiger partial charge in [0.05, 0.1) is 12.2 Å². The molecule has 0 aliphatic carbocycles. The minimum Gasteiger partial charge on any atom is -0.325 e. The van der Waals surface area contributed by atoms with Gasteiger partial charge in [0.2, 0.25) is 5.91 Å². The number of amides is 1. The molecule has 4 heteroatoms. The predicted octanol–water partition coefficient (Wildman–Crippen LogP) is 1.54. The standard InChI is InChI=1S/C11H22N2OS/c1-8(2)7-10-12-9(3)11(14)13(10)5-6-15-4/h8-10,12H,5-7H2,1-4H3. The number of thioether (sulfide) groups is 1. The van der Waals surface area contributed by atoms with Crippen molar-refractivity contribution in [2.75, 3.05) is 18.6 Å². The Morgan fingerprint density at radius 1 is 1.53 bits per heavy atom. The molecule has 0 aromatic heterocycles. The molecule has 1 aliphatic heterocycles. The van der Waals surface area contributed by atoms with Crippen LogP contribution in [0.3, 0.4) is 0 Å². The SMILES string of the molecule is CSCCN1C(=O)C(C)NC1CC(C)C. The highest BCUT2D eigenvalue weighted by Crippen LogP contribution is 2.17. The Kier molecular flexibility index (Phi) is 4.93. The van der Waals surface area contributed by atoms with Gasteiger partial charge >= 0.3 is 0 Å². The number of carbonyl (C=O) groups excluding carboxylic acids is 1. The number of nitrogens with zero attached hydrogens (tertiary/aromatic N) is 1. The van der Waals surface area contributed by atoms with Crippen LogP contribution in [0.5, 0.6) is 0 Å². The first-order valence-corrected chi connectivity index (χ1v) is 7.01. The Hall–Kier alpha value is -0.220.